The highest BCUT2D eigenvalue weighted by atomic mass is 32.2. The molecule has 0 heterocycles. The summed E-state index contributed by atoms with van der Waals surface area (Å²) in [5, 5.41) is 0. The van der Waals surface area contributed by atoms with Crippen molar-refractivity contribution in [1.29, 1.82) is 0 Å². The lowest BCUT2D eigenvalue weighted by Crippen LogP contribution is -2.37. The van der Waals surface area contributed by atoms with E-state index in [1.807, 2.05) is 12.3 Å². The van der Waals surface area contributed by atoms with Crippen LogP contribution in [0.5, 0.6) is 0 Å². The largest absolute Gasteiger partial charge is 0.389 e. The molecule has 0 amide bonds. The topological polar surface area (TPSA) is 38.5 Å². The molecule has 1 unspecified atom stereocenters. The molecule has 19 heavy (non-hydrogen) atoms. The average molecular weight is 298 g/mol. The number of rotatable bonds is 7. The van der Waals surface area contributed by atoms with E-state index in [1.54, 1.807) is 18.9 Å². The maximum atomic E-state index is 5.92. The Balaban J connectivity index is 3.26. The lowest BCUT2D eigenvalue weighted by atomic mass is 10.1. The zero-order valence-corrected chi connectivity index (χ0v) is 13.6. The monoisotopic (exact) mass is 298 g/mol. The molecule has 106 valence electrons. The Morgan fingerprint density at radius 3 is 2.68 bits per heavy atom. The summed E-state index contributed by atoms with van der Waals surface area (Å²) in [6.45, 7) is 5.83. The SMILES string of the molecule is CCN(c1cccc(SC)c1C(N)=S)C(C)COC. The van der Waals surface area contributed by atoms with Gasteiger partial charge in [0.1, 0.15) is 4.99 Å². The van der Waals surface area contributed by atoms with Gasteiger partial charge in [0.05, 0.1) is 6.61 Å². The van der Waals surface area contributed by atoms with Gasteiger partial charge in [0.15, 0.2) is 0 Å². The number of anilines is 1. The van der Waals surface area contributed by atoms with E-state index in [0.717, 1.165) is 22.7 Å². The molecule has 0 spiro atoms. The predicted molar refractivity (Wildman–Crippen MR) is 88.5 cm³/mol. The number of thiocarbonyl (C=S) groups is 1. The molecule has 0 aliphatic heterocycles. The third-order valence-electron chi connectivity index (χ3n) is 3.06. The molecule has 0 aromatic heterocycles. The van der Waals surface area contributed by atoms with Gasteiger partial charge in [0.2, 0.25) is 0 Å². The maximum Gasteiger partial charge on any atom is 0.107 e. The molecule has 0 saturated carbocycles. The van der Waals surface area contributed by atoms with Crippen molar-refractivity contribution in [2.24, 2.45) is 5.73 Å². The normalized spacial score (nSPS) is 12.2. The van der Waals surface area contributed by atoms with Crippen LogP contribution in [0.25, 0.3) is 0 Å². The van der Waals surface area contributed by atoms with Gasteiger partial charge in [0.25, 0.3) is 0 Å². The van der Waals surface area contributed by atoms with Crippen molar-refractivity contribution in [1.82, 2.24) is 0 Å². The first-order valence-corrected chi connectivity index (χ1v) is 7.92. The van der Waals surface area contributed by atoms with Gasteiger partial charge in [-0.2, -0.15) is 0 Å². The fourth-order valence-corrected chi connectivity index (χ4v) is 3.14. The van der Waals surface area contributed by atoms with E-state index in [9.17, 15) is 0 Å². The first kappa shape index (κ1) is 16.3. The van der Waals surface area contributed by atoms with E-state index in [0.29, 0.717) is 11.6 Å². The van der Waals surface area contributed by atoms with Crippen LogP contribution in [-0.4, -0.2) is 37.5 Å². The Hall–Kier alpha value is -0.780. The van der Waals surface area contributed by atoms with Crippen LogP contribution < -0.4 is 10.6 Å². The van der Waals surface area contributed by atoms with Crippen molar-refractivity contribution >= 4 is 34.7 Å². The molecule has 1 atom stereocenters. The first-order chi connectivity index (χ1) is 9.06. The zero-order chi connectivity index (χ0) is 14.4. The van der Waals surface area contributed by atoms with Crippen molar-refractivity contribution in [2.45, 2.75) is 24.8 Å². The van der Waals surface area contributed by atoms with E-state index in [4.69, 9.17) is 22.7 Å². The number of benzene rings is 1. The predicted octanol–water partition coefficient (Wildman–Crippen LogP) is 2.90. The summed E-state index contributed by atoms with van der Waals surface area (Å²) in [5.74, 6) is 0. The Kier molecular flexibility index (Phi) is 6.62. The molecule has 0 bridgehead atoms. The number of nitrogens with two attached hydrogens (primary N) is 1. The zero-order valence-electron chi connectivity index (χ0n) is 12.0. The van der Waals surface area contributed by atoms with E-state index in [-0.39, 0.29) is 6.04 Å². The first-order valence-electron chi connectivity index (χ1n) is 6.29. The number of likely N-dealkylation sites (N-methyl/N-ethyl adjacent to an activating group) is 1. The maximum absolute atomic E-state index is 5.92. The summed E-state index contributed by atoms with van der Waals surface area (Å²) in [7, 11) is 1.72. The number of ether oxygens (including phenoxy) is 1. The highest BCUT2D eigenvalue weighted by Crippen LogP contribution is 2.30. The highest BCUT2D eigenvalue weighted by molar-refractivity contribution is 7.98. The number of hydrogen-bond donors (Lipinski definition) is 1. The second kappa shape index (κ2) is 7.72. The van der Waals surface area contributed by atoms with Crippen LogP contribution in [-0.2, 0) is 4.74 Å². The van der Waals surface area contributed by atoms with Crippen molar-refractivity contribution < 1.29 is 4.74 Å². The van der Waals surface area contributed by atoms with E-state index < -0.39 is 0 Å². The van der Waals surface area contributed by atoms with Gasteiger partial charge < -0.3 is 15.4 Å². The van der Waals surface area contributed by atoms with E-state index in [2.05, 4.69) is 30.9 Å². The molecular weight excluding hydrogens is 276 g/mol. The summed E-state index contributed by atoms with van der Waals surface area (Å²) < 4.78 is 5.25. The minimum Gasteiger partial charge on any atom is -0.389 e. The quantitative estimate of drug-likeness (QED) is 0.619. The number of methoxy groups -OCH3 is 1. The fourth-order valence-electron chi connectivity index (χ4n) is 2.23. The van der Waals surface area contributed by atoms with Crippen LogP contribution in [0.3, 0.4) is 0 Å². The van der Waals surface area contributed by atoms with Crippen molar-refractivity contribution in [3.63, 3.8) is 0 Å². The summed E-state index contributed by atoms with van der Waals surface area (Å²) in [6, 6.07) is 6.45. The molecule has 0 aliphatic carbocycles. The van der Waals surface area contributed by atoms with Gasteiger partial charge in [-0.05, 0) is 32.2 Å². The highest BCUT2D eigenvalue weighted by Gasteiger charge is 2.19. The second-order valence-electron chi connectivity index (χ2n) is 4.31. The number of thioether (sulfide) groups is 1. The smallest absolute Gasteiger partial charge is 0.107 e. The van der Waals surface area contributed by atoms with Crippen molar-refractivity contribution in [3.8, 4) is 0 Å². The van der Waals surface area contributed by atoms with Gasteiger partial charge in [-0.3, -0.25) is 0 Å². The van der Waals surface area contributed by atoms with Crippen LogP contribution in [0.1, 0.15) is 19.4 Å². The molecule has 1 aromatic carbocycles. The molecule has 1 aromatic rings. The lowest BCUT2D eigenvalue weighted by Gasteiger charge is -2.32. The minimum atomic E-state index is 0.278. The summed E-state index contributed by atoms with van der Waals surface area (Å²) in [6.07, 6.45) is 2.04. The summed E-state index contributed by atoms with van der Waals surface area (Å²) in [4.78, 5) is 3.84. The van der Waals surface area contributed by atoms with Gasteiger partial charge >= 0.3 is 0 Å². The Bertz CT molecular complexity index is 437. The van der Waals surface area contributed by atoms with Crippen LogP contribution in [0, 0.1) is 0 Å². The standard InChI is InChI=1S/C14H22N2OS2/c1-5-16(10(2)9-17-3)11-7-6-8-12(19-4)13(11)14(15)18/h6-8,10H,5,9H2,1-4H3,(H2,15,18). The molecule has 0 saturated heterocycles. The molecule has 2 N–H and O–H groups in total. The van der Waals surface area contributed by atoms with Crippen LogP contribution in [0.2, 0.25) is 0 Å². The van der Waals surface area contributed by atoms with Crippen LogP contribution >= 0.6 is 24.0 Å². The summed E-state index contributed by atoms with van der Waals surface area (Å²) >= 11 is 6.89. The van der Waals surface area contributed by atoms with Crippen molar-refractivity contribution in [2.75, 3.05) is 31.4 Å². The molecule has 5 heteroatoms. The number of hydrogen-bond acceptors (Lipinski definition) is 4. The molecule has 1 rings (SSSR count). The molecule has 3 nitrogen and oxygen atoms in total. The Morgan fingerprint density at radius 1 is 1.53 bits per heavy atom. The molecule has 0 radical (unpaired) electrons. The third-order valence-corrected chi connectivity index (χ3v) is 4.04. The molecule has 0 aliphatic rings. The lowest BCUT2D eigenvalue weighted by molar-refractivity contribution is 0.182. The minimum absolute atomic E-state index is 0.278. The Labute approximate surface area is 125 Å². The molecular formula is C14H22N2OS2. The fraction of sp³-hybridized carbons (Fsp3) is 0.500. The van der Waals surface area contributed by atoms with Crippen LogP contribution in [0.15, 0.2) is 23.1 Å². The van der Waals surface area contributed by atoms with Gasteiger partial charge in [-0.15, -0.1) is 11.8 Å². The van der Waals surface area contributed by atoms with Crippen molar-refractivity contribution in [3.05, 3.63) is 23.8 Å². The summed E-state index contributed by atoms with van der Waals surface area (Å²) in [5.41, 5.74) is 7.97. The Morgan fingerprint density at radius 2 is 2.21 bits per heavy atom. The van der Waals surface area contributed by atoms with Gasteiger partial charge in [0, 0.05) is 35.8 Å². The number of nitrogens with zero attached hydrogens (tertiary/aromatic N) is 1. The average Bonchev–Trinajstić information content (AvgIpc) is 2.39. The molecule has 0 fully saturated rings. The van der Waals surface area contributed by atoms with E-state index in [1.165, 1.54) is 0 Å². The van der Waals surface area contributed by atoms with E-state index >= 15 is 0 Å². The second-order valence-corrected chi connectivity index (χ2v) is 5.60. The van der Waals surface area contributed by atoms with Crippen LogP contribution in [0.4, 0.5) is 5.69 Å². The van der Waals surface area contributed by atoms with Gasteiger partial charge in [-0.25, -0.2) is 0 Å². The van der Waals surface area contributed by atoms with Gasteiger partial charge in [-0.1, -0.05) is 18.3 Å². The third kappa shape index (κ3) is 3.84.